The molecule has 1 aliphatic heterocycles. The molecule has 2 atom stereocenters. The summed E-state index contributed by atoms with van der Waals surface area (Å²) in [6.07, 6.45) is 3.45. The van der Waals surface area contributed by atoms with Gasteiger partial charge in [-0.1, -0.05) is 31.9 Å². The van der Waals surface area contributed by atoms with Crippen molar-refractivity contribution in [1.29, 1.82) is 0 Å². The van der Waals surface area contributed by atoms with E-state index in [4.69, 9.17) is 4.42 Å². The minimum atomic E-state index is -0.864. The van der Waals surface area contributed by atoms with Gasteiger partial charge in [-0.05, 0) is 55.2 Å². The fourth-order valence-corrected chi connectivity index (χ4v) is 4.67. The molecule has 1 saturated carbocycles. The molecular formula is C24H24N4O4. The maximum atomic E-state index is 13.0. The Morgan fingerprint density at radius 2 is 1.97 bits per heavy atom. The van der Waals surface area contributed by atoms with Crippen molar-refractivity contribution in [2.75, 3.05) is 11.9 Å². The Kier molecular flexibility index (Phi) is 4.92. The first-order valence-electron chi connectivity index (χ1n) is 10.9. The van der Waals surface area contributed by atoms with Gasteiger partial charge in [-0.3, -0.25) is 14.5 Å². The summed E-state index contributed by atoms with van der Waals surface area (Å²) in [5, 5.41) is 5.62. The molecule has 1 aromatic heterocycles. The molecule has 0 bridgehead atoms. The number of rotatable bonds is 4. The van der Waals surface area contributed by atoms with Gasteiger partial charge in [0.15, 0.2) is 5.58 Å². The number of fused-ring (bicyclic) bond motifs is 1. The van der Waals surface area contributed by atoms with Crippen LogP contribution < -0.4 is 10.6 Å². The first-order chi connectivity index (χ1) is 15.5. The van der Waals surface area contributed by atoms with E-state index in [9.17, 15) is 14.4 Å². The third kappa shape index (κ3) is 3.41. The van der Waals surface area contributed by atoms with E-state index in [1.54, 1.807) is 24.3 Å². The summed E-state index contributed by atoms with van der Waals surface area (Å²) in [7, 11) is 0. The molecule has 2 N–H and O–H groups in total. The molecule has 1 saturated heterocycles. The normalized spacial score (nSPS) is 23.0. The standard InChI is InChI=1S/C24H24N4O4/c1-15-6-4-5-13-24(15)22(30)28(23(31)27-24)14-20(29)25-17-11-9-16(10-12-17)21-26-18-7-2-3-8-19(18)32-21/h2-3,7-12,15H,4-6,13-14H2,1H3,(H,25,29)(H,27,31)/t15-,24-/m1/s1. The van der Waals surface area contributed by atoms with Crippen LogP contribution in [0.25, 0.3) is 22.6 Å². The van der Waals surface area contributed by atoms with Crippen LogP contribution in [0.15, 0.2) is 52.9 Å². The lowest BCUT2D eigenvalue weighted by Crippen LogP contribution is -2.54. The van der Waals surface area contributed by atoms with Gasteiger partial charge in [-0.15, -0.1) is 0 Å². The summed E-state index contributed by atoms with van der Waals surface area (Å²) >= 11 is 0. The number of hydrogen-bond acceptors (Lipinski definition) is 5. The van der Waals surface area contributed by atoms with E-state index >= 15 is 0 Å². The van der Waals surface area contributed by atoms with Crippen LogP contribution in [0.1, 0.15) is 32.6 Å². The van der Waals surface area contributed by atoms with Crippen LogP contribution in [0, 0.1) is 5.92 Å². The molecule has 164 valence electrons. The minimum Gasteiger partial charge on any atom is -0.436 e. The zero-order valence-electron chi connectivity index (χ0n) is 17.8. The summed E-state index contributed by atoms with van der Waals surface area (Å²) < 4.78 is 5.76. The first kappa shape index (κ1) is 20.2. The zero-order valence-corrected chi connectivity index (χ0v) is 17.8. The second kappa shape index (κ2) is 7.78. The second-order valence-electron chi connectivity index (χ2n) is 8.55. The second-order valence-corrected chi connectivity index (χ2v) is 8.55. The van der Waals surface area contributed by atoms with E-state index in [2.05, 4.69) is 15.6 Å². The fraction of sp³-hybridized carbons (Fsp3) is 0.333. The number of aromatic nitrogens is 1. The van der Waals surface area contributed by atoms with Gasteiger partial charge in [0.05, 0.1) is 0 Å². The van der Waals surface area contributed by atoms with Gasteiger partial charge in [-0.2, -0.15) is 0 Å². The summed E-state index contributed by atoms with van der Waals surface area (Å²) in [6, 6.07) is 14.1. The number of amides is 4. The van der Waals surface area contributed by atoms with Crippen molar-refractivity contribution in [2.24, 2.45) is 5.92 Å². The lowest BCUT2D eigenvalue weighted by Gasteiger charge is -2.36. The van der Waals surface area contributed by atoms with Crippen molar-refractivity contribution >= 4 is 34.6 Å². The van der Waals surface area contributed by atoms with Gasteiger partial charge in [0.25, 0.3) is 5.91 Å². The number of urea groups is 1. The molecule has 3 aromatic rings. The number of anilines is 1. The number of nitrogens with one attached hydrogen (secondary N) is 2. The van der Waals surface area contributed by atoms with E-state index in [1.165, 1.54) is 0 Å². The number of carbonyl (C=O) groups is 3. The number of carbonyl (C=O) groups excluding carboxylic acids is 3. The lowest BCUT2D eigenvalue weighted by atomic mass is 9.73. The number of para-hydroxylation sites is 2. The van der Waals surface area contributed by atoms with Gasteiger partial charge < -0.3 is 15.1 Å². The highest BCUT2D eigenvalue weighted by atomic mass is 16.3. The fourth-order valence-electron chi connectivity index (χ4n) is 4.67. The average molecular weight is 432 g/mol. The van der Waals surface area contributed by atoms with E-state index in [0.29, 0.717) is 23.6 Å². The molecule has 4 amide bonds. The number of benzene rings is 2. The molecule has 0 radical (unpaired) electrons. The summed E-state index contributed by atoms with van der Waals surface area (Å²) in [5.41, 5.74) is 1.96. The Morgan fingerprint density at radius 1 is 1.19 bits per heavy atom. The van der Waals surface area contributed by atoms with Crippen LogP contribution in [0.3, 0.4) is 0 Å². The van der Waals surface area contributed by atoms with Gasteiger partial charge in [0, 0.05) is 11.3 Å². The predicted octanol–water partition coefficient (Wildman–Crippen LogP) is 3.93. The largest absolute Gasteiger partial charge is 0.436 e. The molecule has 8 heteroatoms. The molecule has 1 aliphatic carbocycles. The minimum absolute atomic E-state index is 0.0557. The van der Waals surface area contributed by atoms with Crippen LogP contribution in [0.4, 0.5) is 10.5 Å². The zero-order chi connectivity index (χ0) is 22.3. The molecule has 5 rings (SSSR count). The molecule has 0 unspecified atom stereocenters. The van der Waals surface area contributed by atoms with Crippen LogP contribution in [0.2, 0.25) is 0 Å². The van der Waals surface area contributed by atoms with E-state index < -0.39 is 17.5 Å². The molecule has 2 fully saturated rings. The van der Waals surface area contributed by atoms with Crippen molar-refractivity contribution in [1.82, 2.24) is 15.2 Å². The third-order valence-electron chi connectivity index (χ3n) is 6.51. The molecule has 2 aromatic carbocycles. The number of oxazole rings is 1. The average Bonchev–Trinajstić information content (AvgIpc) is 3.32. The maximum Gasteiger partial charge on any atom is 0.325 e. The van der Waals surface area contributed by atoms with E-state index in [-0.39, 0.29) is 18.4 Å². The van der Waals surface area contributed by atoms with Crippen molar-refractivity contribution in [2.45, 2.75) is 38.1 Å². The molecule has 2 aliphatic rings. The van der Waals surface area contributed by atoms with Crippen LogP contribution >= 0.6 is 0 Å². The summed E-state index contributed by atoms with van der Waals surface area (Å²) in [5.74, 6) is -0.171. The van der Waals surface area contributed by atoms with Gasteiger partial charge >= 0.3 is 6.03 Å². The van der Waals surface area contributed by atoms with Crippen LogP contribution in [-0.2, 0) is 9.59 Å². The van der Waals surface area contributed by atoms with E-state index in [0.717, 1.165) is 35.2 Å². The van der Waals surface area contributed by atoms with Crippen molar-refractivity contribution < 1.29 is 18.8 Å². The monoisotopic (exact) mass is 432 g/mol. The Hall–Kier alpha value is -3.68. The Balaban J connectivity index is 1.25. The number of imide groups is 1. The molecule has 32 heavy (non-hydrogen) atoms. The lowest BCUT2D eigenvalue weighted by molar-refractivity contribution is -0.136. The molecule has 1 spiro atoms. The highest BCUT2D eigenvalue weighted by molar-refractivity contribution is 6.10. The van der Waals surface area contributed by atoms with Crippen molar-refractivity contribution in [3.05, 3.63) is 48.5 Å². The van der Waals surface area contributed by atoms with E-state index in [1.807, 2.05) is 31.2 Å². The third-order valence-corrected chi connectivity index (χ3v) is 6.51. The Bertz CT molecular complexity index is 1170. The topological polar surface area (TPSA) is 105 Å². The molecule has 8 nitrogen and oxygen atoms in total. The quantitative estimate of drug-likeness (QED) is 0.608. The SMILES string of the molecule is C[C@@H]1CCCC[C@@]12NC(=O)N(CC(=O)Nc1ccc(-c3nc4ccccc4o3)cc1)C2=O. The van der Waals surface area contributed by atoms with Gasteiger partial charge in [0.2, 0.25) is 11.8 Å². The predicted molar refractivity (Wildman–Crippen MR) is 119 cm³/mol. The highest BCUT2D eigenvalue weighted by Gasteiger charge is 2.55. The van der Waals surface area contributed by atoms with Crippen LogP contribution in [0.5, 0.6) is 0 Å². The van der Waals surface area contributed by atoms with Crippen molar-refractivity contribution in [3.8, 4) is 11.5 Å². The van der Waals surface area contributed by atoms with Gasteiger partial charge in [-0.25, -0.2) is 9.78 Å². The van der Waals surface area contributed by atoms with Crippen LogP contribution in [-0.4, -0.2) is 39.8 Å². The maximum absolute atomic E-state index is 13.0. The Morgan fingerprint density at radius 3 is 2.72 bits per heavy atom. The Labute approximate surface area is 185 Å². The smallest absolute Gasteiger partial charge is 0.325 e. The summed E-state index contributed by atoms with van der Waals surface area (Å²) in [4.78, 5) is 43.5. The van der Waals surface area contributed by atoms with Gasteiger partial charge in [0.1, 0.15) is 17.6 Å². The van der Waals surface area contributed by atoms with Crippen molar-refractivity contribution in [3.63, 3.8) is 0 Å². The number of nitrogens with zero attached hydrogens (tertiary/aromatic N) is 2. The number of hydrogen-bond donors (Lipinski definition) is 2. The molecule has 2 heterocycles. The molecular weight excluding hydrogens is 408 g/mol. The summed E-state index contributed by atoms with van der Waals surface area (Å²) in [6.45, 7) is 1.67. The highest BCUT2D eigenvalue weighted by Crippen LogP contribution is 2.38. The first-order valence-corrected chi connectivity index (χ1v) is 10.9.